The molecule has 16 heavy (non-hydrogen) atoms. The molecule has 0 spiro atoms. The molecule has 90 valence electrons. The lowest BCUT2D eigenvalue weighted by molar-refractivity contribution is 0.262. The predicted octanol–water partition coefficient (Wildman–Crippen LogP) is 2.73. The molecule has 1 aliphatic carbocycles. The Bertz CT molecular complexity index is 322. The Kier molecular flexibility index (Phi) is 3.64. The maximum Gasteiger partial charge on any atom is 0.0948 e. The summed E-state index contributed by atoms with van der Waals surface area (Å²) in [6, 6.07) is 0.0880. The zero-order valence-electron chi connectivity index (χ0n) is 10.4. The second-order valence-corrected chi connectivity index (χ2v) is 5.39. The van der Waals surface area contributed by atoms with Crippen molar-refractivity contribution in [2.75, 3.05) is 0 Å². The summed E-state index contributed by atoms with van der Waals surface area (Å²) in [5.41, 5.74) is 7.09. The first-order valence-corrected chi connectivity index (χ1v) is 6.42. The summed E-state index contributed by atoms with van der Waals surface area (Å²) < 4.78 is 2.24. The van der Waals surface area contributed by atoms with E-state index in [1.807, 2.05) is 19.4 Å². The second-order valence-electron chi connectivity index (χ2n) is 5.39. The van der Waals surface area contributed by atoms with Crippen molar-refractivity contribution in [2.24, 2.45) is 17.6 Å². The number of hydrogen-bond acceptors (Lipinski definition) is 2. The first-order valence-electron chi connectivity index (χ1n) is 6.42. The van der Waals surface area contributed by atoms with Gasteiger partial charge in [-0.05, 0) is 31.6 Å². The standard InChI is InChI=1S/C13H23N3/c1-10-3-5-12(6-4-10)8-16-9-15-7-13(16)11(2)14/h7,9-12H,3-6,8,14H2,1-2H3/t10?,11-,12?/m1/s1. The van der Waals surface area contributed by atoms with E-state index >= 15 is 0 Å². The fourth-order valence-electron chi connectivity index (χ4n) is 2.65. The minimum absolute atomic E-state index is 0.0880. The van der Waals surface area contributed by atoms with Crippen LogP contribution in [0.15, 0.2) is 12.5 Å². The number of nitrogens with two attached hydrogens (primary N) is 1. The van der Waals surface area contributed by atoms with Crippen LogP contribution >= 0.6 is 0 Å². The van der Waals surface area contributed by atoms with Crippen LogP contribution in [0.1, 0.15) is 51.3 Å². The van der Waals surface area contributed by atoms with Gasteiger partial charge in [0.2, 0.25) is 0 Å². The summed E-state index contributed by atoms with van der Waals surface area (Å²) in [5.74, 6) is 1.75. The topological polar surface area (TPSA) is 43.8 Å². The minimum Gasteiger partial charge on any atom is -0.333 e. The molecule has 3 heteroatoms. The van der Waals surface area contributed by atoms with E-state index in [4.69, 9.17) is 5.73 Å². The average molecular weight is 221 g/mol. The molecule has 0 amide bonds. The van der Waals surface area contributed by atoms with Crippen LogP contribution in [0.5, 0.6) is 0 Å². The van der Waals surface area contributed by atoms with E-state index in [0.717, 1.165) is 18.4 Å². The van der Waals surface area contributed by atoms with Gasteiger partial charge in [-0.2, -0.15) is 0 Å². The zero-order valence-corrected chi connectivity index (χ0v) is 10.4. The molecule has 0 unspecified atom stereocenters. The Balaban J connectivity index is 1.96. The molecular weight excluding hydrogens is 198 g/mol. The molecule has 1 heterocycles. The van der Waals surface area contributed by atoms with Crippen LogP contribution in [0.25, 0.3) is 0 Å². The number of rotatable bonds is 3. The third kappa shape index (κ3) is 2.64. The molecular formula is C13H23N3. The van der Waals surface area contributed by atoms with E-state index < -0.39 is 0 Å². The molecule has 1 fully saturated rings. The molecule has 0 aromatic carbocycles. The molecule has 0 bridgehead atoms. The van der Waals surface area contributed by atoms with Gasteiger partial charge in [-0.25, -0.2) is 4.98 Å². The highest BCUT2D eigenvalue weighted by molar-refractivity contribution is 5.03. The van der Waals surface area contributed by atoms with Crippen molar-refractivity contribution in [3.63, 3.8) is 0 Å². The first-order chi connectivity index (χ1) is 7.66. The molecule has 1 aromatic heterocycles. The lowest BCUT2D eigenvalue weighted by Gasteiger charge is -2.27. The Morgan fingerprint density at radius 3 is 2.75 bits per heavy atom. The maximum absolute atomic E-state index is 5.93. The van der Waals surface area contributed by atoms with Gasteiger partial charge < -0.3 is 10.3 Å². The normalized spacial score (nSPS) is 27.9. The molecule has 0 aliphatic heterocycles. The van der Waals surface area contributed by atoms with E-state index in [1.165, 1.54) is 31.4 Å². The largest absolute Gasteiger partial charge is 0.333 e. The van der Waals surface area contributed by atoms with Gasteiger partial charge in [0.15, 0.2) is 0 Å². The van der Waals surface area contributed by atoms with Crippen LogP contribution in [0.2, 0.25) is 0 Å². The highest BCUT2D eigenvalue weighted by Gasteiger charge is 2.19. The van der Waals surface area contributed by atoms with Gasteiger partial charge in [0.05, 0.1) is 12.0 Å². The van der Waals surface area contributed by atoms with E-state index in [9.17, 15) is 0 Å². The molecule has 3 nitrogen and oxygen atoms in total. The molecule has 0 radical (unpaired) electrons. The van der Waals surface area contributed by atoms with Gasteiger partial charge >= 0.3 is 0 Å². The van der Waals surface area contributed by atoms with Crippen molar-refractivity contribution >= 4 is 0 Å². The van der Waals surface area contributed by atoms with Crippen molar-refractivity contribution in [1.82, 2.24) is 9.55 Å². The van der Waals surface area contributed by atoms with Gasteiger partial charge in [-0.15, -0.1) is 0 Å². The Labute approximate surface area is 98.1 Å². The number of hydrogen-bond donors (Lipinski definition) is 1. The fraction of sp³-hybridized carbons (Fsp3) is 0.769. The summed E-state index contributed by atoms with van der Waals surface area (Å²) in [4.78, 5) is 4.21. The molecule has 1 atom stereocenters. The van der Waals surface area contributed by atoms with Crippen LogP contribution in [0.3, 0.4) is 0 Å². The first kappa shape index (κ1) is 11.6. The van der Waals surface area contributed by atoms with Gasteiger partial charge in [0.25, 0.3) is 0 Å². The molecule has 2 rings (SSSR count). The van der Waals surface area contributed by atoms with Gasteiger partial charge in [-0.3, -0.25) is 0 Å². The van der Waals surface area contributed by atoms with Crippen molar-refractivity contribution in [3.8, 4) is 0 Å². The molecule has 0 saturated heterocycles. The molecule has 2 N–H and O–H groups in total. The summed E-state index contributed by atoms with van der Waals surface area (Å²) in [5, 5.41) is 0. The Hall–Kier alpha value is -0.830. The van der Waals surface area contributed by atoms with E-state index in [-0.39, 0.29) is 6.04 Å². The van der Waals surface area contributed by atoms with Crippen LogP contribution in [-0.4, -0.2) is 9.55 Å². The smallest absolute Gasteiger partial charge is 0.0948 e. The fourth-order valence-corrected chi connectivity index (χ4v) is 2.65. The third-order valence-electron chi connectivity index (χ3n) is 3.80. The lowest BCUT2D eigenvalue weighted by Crippen LogP contribution is -2.20. The van der Waals surface area contributed by atoms with Crippen LogP contribution in [0.4, 0.5) is 0 Å². The van der Waals surface area contributed by atoms with Crippen molar-refractivity contribution in [2.45, 2.75) is 52.1 Å². The number of imidazole rings is 1. The van der Waals surface area contributed by atoms with Crippen LogP contribution in [0, 0.1) is 11.8 Å². The number of aromatic nitrogens is 2. The Morgan fingerprint density at radius 1 is 1.44 bits per heavy atom. The summed E-state index contributed by atoms with van der Waals surface area (Å²) in [7, 11) is 0. The summed E-state index contributed by atoms with van der Waals surface area (Å²) in [6.45, 7) is 5.49. The van der Waals surface area contributed by atoms with Gasteiger partial charge in [-0.1, -0.05) is 19.8 Å². The highest BCUT2D eigenvalue weighted by Crippen LogP contribution is 2.29. The predicted molar refractivity (Wildman–Crippen MR) is 66.0 cm³/mol. The van der Waals surface area contributed by atoms with Crippen molar-refractivity contribution < 1.29 is 0 Å². The molecule has 1 aliphatic rings. The summed E-state index contributed by atoms with van der Waals surface area (Å²) in [6.07, 6.45) is 9.31. The monoisotopic (exact) mass is 221 g/mol. The van der Waals surface area contributed by atoms with Crippen molar-refractivity contribution in [1.29, 1.82) is 0 Å². The second kappa shape index (κ2) is 5.00. The SMILES string of the molecule is CC1CCC(Cn2cncc2[C@@H](C)N)CC1. The zero-order chi connectivity index (χ0) is 11.5. The van der Waals surface area contributed by atoms with Gasteiger partial charge in [0, 0.05) is 18.8 Å². The quantitative estimate of drug-likeness (QED) is 0.853. The third-order valence-corrected chi connectivity index (χ3v) is 3.80. The van der Waals surface area contributed by atoms with Gasteiger partial charge in [0.1, 0.15) is 0 Å². The number of nitrogens with zero attached hydrogens (tertiary/aromatic N) is 2. The lowest BCUT2D eigenvalue weighted by atomic mass is 9.83. The molecule has 1 aromatic rings. The van der Waals surface area contributed by atoms with Crippen molar-refractivity contribution in [3.05, 3.63) is 18.2 Å². The van der Waals surface area contributed by atoms with Crippen LogP contribution < -0.4 is 5.73 Å². The minimum atomic E-state index is 0.0880. The Morgan fingerprint density at radius 2 is 2.12 bits per heavy atom. The average Bonchev–Trinajstić information content (AvgIpc) is 2.69. The van der Waals surface area contributed by atoms with Crippen LogP contribution in [-0.2, 0) is 6.54 Å². The maximum atomic E-state index is 5.93. The van der Waals surface area contributed by atoms with E-state index in [1.54, 1.807) is 0 Å². The summed E-state index contributed by atoms with van der Waals surface area (Å²) >= 11 is 0. The van der Waals surface area contributed by atoms with E-state index in [0.29, 0.717) is 0 Å². The van der Waals surface area contributed by atoms with E-state index in [2.05, 4.69) is 16.5 Å². The molecule has 1 saturated carbocycles. The highest BCUT2D eigenvalue weighted by atomic mass is 15.1.